The predicted octanol–water partition coefficient (Wildman–Crippen LogP) is 1.98. The van der Waals surface area contributed by atoms with Gasteiger partial charge in [-0.1, -0.05) is 24.5 Å². The minimum absolute atomic E-state index is 0.0290. The Hall–Kier alpha value is -2.85. The van der Waals surface area contributed by atoms with Crippen molar-refractivity contribution in [3.63, 3.8) is 0 Å². The van der Waals surface area contributed by atoms with E-state index in [0.717, 1.165) is 6.33 Å². The number of ether oxygens (including phenoxy) is 2. The highest BCUT2D eigenvalue weighted by Crippen LogP contribution is 2.58. The summed E-state index contributed by atoms with van der Waals surface area (Å²) in [7, 11) is 0. The summed E-state index contributed by atoms with van der Waals surface area (Å²) in [4.78, 5) is 37.3. The van der Waals surface area contributed by atoms with Crippen molar-refractivity contribution in [2.45, 2.75) is 49.5 Å². The summed E-state index contributed by atoms with van der Waals surface area (Å²) in [6.45, 7) is -9.75. The Morgan fingerprint density at radius 3 is 2.16 bits per heavy atom. The molecule has 2 fully saturated rings. The van der Waals surface area contributed by atoms with Gasteiger partial charge >= 0.3 is 13.5 Å². The quantitative estimate of drug-likeness (QED) is 0.0847. The molecule has 20 nitrogen and oxygen atoms in total. The van der Waals surface area contributed by atoms with Crippen LogP contribution in [0, 0.1) is 4.91 Å². The van der Waals surface area contributed by atoms with Crippen LogP contribution >= 0.6 is 38.0 Å². The number of halogens is 1. The molecule has 2 aliphatic heterocycles. The average molecular weight is 708 g/mol. The highest BCUT2D eigenvalue weighted by molar-refractivity contribution is 8.45. The molecule has 0 saturated carbocycles. The standard InChI is InChI=1S/C20H24FN11O9P2S2/c21-11-14(10(3-37-42(35,44)30-34)40-20(11)32-7-29-13-16(23)25-5-27-18(13)32)41-43(36,45)38-2-8-1-9(33)19(39-8)31-6-28-12-15(22)24-4-26-17(12)31/h4-11,14,19-20,33H,1-3H2,(H,35,44)(H,36,45)(H2,22,24,26)(H2,23,25,27)/t8-,9+,10+,11+,14+,19+,20+,42+,43?/m0/s1. The first-order chi connectivity index (χ1) is 21.4. The Kier molecular flexibility index (Phi) is 8.84. The van der Waals surface area contributed by atoms with Crippen molar-refractivity contribution in [2.75, 3.05) is 24.7 Å². The molecule has 0 bridgehead atoms. The first-order valence-electron chi connectivity index (χ1n) is 12.8. The molecule has 45 heavy (non-hydrogen) atoms. The Bertz CT molecular complexity index is 1840. The number of fused-ring (bicyclic) bond motifs is 2. The first-order valence-corrected chi connectivity index (χ1v) is 18.3. The molecular weight excluding hydrogens is 683 g/mol. The molecule has 4 aromatic heterocycles. The van der Waals surface area contributed by atoms with Gasteiger partial charge in [-0.15, -0.1) is 4.91 Å². The molecule has 1 unspecified atom stereocenters. The number of aliphatic hydroxyl groups is 1. The number of alkyl halides is 1. The fraction of sp³-hybridized carbons (Fsp3) is 0.500. The van der Waals surface area contributed by atoms with E-state index in [9.17, 15) is 19.1 Å². The van der Waals surface area contributed by atoms with Gasteiger partial charge in [-0.05, 0) is 0 Å². The molecule has 0 radical (unpaired) electrons. The number of aliphatic hydroxyl groups excluding tert-OH is 1. The SMILES string of the molecule is Nc1ncnc2c1ncn2[C@@H]1O[C@H](CO[P@@](=O)(S)N=O)[C@@H](OP(=O)(S)OC[C@@H]2C[C@@H](O)[C@H](n3cnc4c(N)ncnc43)O2)[C@H]1F. The maximum absolute atomic E-state index is 16.0. The molecule has 0 aliphatic carbocycles. The Balaban J connectivity index is 1.16. The van der Waals surface area contributed by atoms with Crippen LogP contribution in [0.25, 0.3) is 22.3 Å². The van der Waals surface area contributed by atoms with E-state index in [1.54, 1.807) is 0 Å². The number of anilines is 2. The van der Waals surface area contributed by atoms with Crippen LogP contribution in [0.1, 0.15) is 18.9 Å². The topological polar surface area (TPSA) is 269 Å². The predicted molar refractivity (Wildman–Crippen MR) is 159 cm³/mol. The molecule has 5 N–H and O–H groups in total. The normalized spacial score (nSPS) is 29.6. The Labute approximate surface area is 261 Å². The van der Waals surface area contributed by atoms with Crippen LogP contribution in [-0.4, -0.2) is 87.9 Å². The Morgan fingerprint density at radius 1 is 0.956 bits per heavy atom. The van der Waals surface area contributed by atoms with E-state index < -0.39 is 69.8 Å². The van der Waals surface area contributed by atoms with Crippen LogP contribution in [0.4, 0.5) is 16.0 Å². The van der Waals surface area contributed by atoms with Crippen molar-refractivity contribution in [3.05, 3.63) is 30.2 Å². The third kappa shape index (κ3) is 6.42. The number of nitrogen functional groups attached to an aromatic ring is 2. The van der Waals surface area contributed by atoms with Gasteiger partial charge in [-0.3, -0.25) is 27.3 Å². The van der Waals surface area contributed by atoms with Gasteiger partial charge in [0.05, 0.1) is 32.0 Å². The van der Waals surface area contributed by atoms with Gasteiger partial charge in [0.15, 0.2) is 41.6 Å². The number of nitrogens with zero attached hydrogens (tertiary/aromatic N) is 9. The molecule has 4 aromatic rings. The van der Waals surface area contributed by atoms with Crippen LogP contribution in [0.3, 0.4) is 0 Å². The lowest BCUT2D eigenvalue weighted by atomic mass is 10.1. The second-order valence-corrected chi connectivity index (χ2v) is 15.6. The maximum atomic E-state index is 16.0. The first kappa shape index (κ1) is 32.1. The smallest absolute Gasteiger partial charge is 0.388 e. The van der Waals surface area contributed by atoms with Gasteiger partial charge in [-0.2, -0.15) is 0 Å². The second kappa shape index (κ2) is 12.4. The lowest BCUT2D eigenvalue weighted by Gasteiger charge is -2.24. The van der Waals surface area contributed by atoms with E-state index in [4.69, 9.17) is 34.5 Å². The third-order valence-corrected chi connectivity index (χ3v) is 9.82. The summed E-state index contributed by atoms with van der Waals surface area (Å²) in [6, 6.07) is 0. The van der Waals surface area contributed by atoms with Crippen LogP contribution in [0.15, 0.2) is 30.3 Å². The van der Waals surface area contributed by atoms with Crippen LogP contribution in [0.5, 0.6) is 0 Å². The zero-order valence-electron chi connectivity index (χ0n) is 22.5. The second-order valence-electron chi connectivity index (χ2n) is 9.83. The lowest BCUT2D eigenvalue weighted by molar-refractivity contribution is -0.0495. The van der Waals surface area contributed by atoms with E-state index in [1.807, 2.05) is 0 Å². The molecule has 6 rings (SSSR count). The van der Waals surface area contributed by atoms with Crippen molar-refractivity contribution >= 4 is 72.0 Å². The zero-order chi connectivity index (χ0) is 32.1. The number of nitroso groups, excluding NO2 is 1. The molecular formula is C20H24FN11O9P2S2. The van der Waals surface area contributed by atoms with Crippen LogP contribution in [0.2, 0.25) is 0 Å². The molecule has 9 atom stereocenters. The summed E-state index contributed by atoms with van der Waals surface area (Å²) >= 11 is 7.54. The van der Waals surface area contributed by atoms with Gasteiger partial charge in [0.25, 0.3) is 0 Å². The van der Waals surface area contributed by atoms with Crippen molar-refractivity contribution in [1.82, 2.24) is 39.0 Å². The molecule has 0 spiro atoms. The van der Waals surface area contributed by atoms with E-state index in [0.29, 0.717) is 11.2 Å². The largest absolute Gasteiger partial charge is 0.405 e. The van der Waals surface area contributed by atoms with E-state index in [1.165, 1.54) is 28.1 Å². The molecule has 6 heterocycles. The fourth-order valence-electron chi connectivity index (χ4n) is 4.93. The van der Waals surface area contributed by atoms with E-state index >= 15 is 4.39 Å². The number of thiol groups is 2. The monoisotopic (exact) mass is 707 g/mol. The number of rotatable bonds is 11. The van der Waals surface area contributed by atoms with Crippen LogP contribution in [-0.2, 0) is 32.2 Å². The van der Waals surface area contributed by atoms with Gasteiger partial charge < -0.3 is 26.0 Å². The van der Waals surface area contributed by atoms with Crippen molar-refractivity contribution in [1.29, 1.82) is 0 Å². The van der Waals surface area contributed by atoms with Gasteiger partial charge in [0, 0.05) is 11.4 Å². The molecule has 2 aliphatic rings. The van der Waals surface area contributed by atoms with Gasteiger partial charge in [-0.25, -0.2) is 38.9 Å². The number of imidazole rings is 2. The minimum Gasteiger partial charge on any atom is -0.388 e. The van der Waals surface area contributed by atoms with Crippen molar-refractivity contribution in [2.24, 2.45) is 4.95 Å². The molecule has 0 aromatic carbocycles. The summed E-state index contributed by atoms with van der Waals surface area (Å²) in [6.07, 6.45) is -4.50. The summed E-state index contributed by atoms with van der Waals surface area (Å²) in [5.74, 6) is 0.173. The Morgan fingerprint density at radius 2 is 1.56 bits per heavy atom. The lowest BCUT2D eigenvalue weighted by Crippen LogP contribution is -2.33. The average Bonchev–Trinajstić information content (AvgIpc) is 3.77. The zero-order valence-corrected chi connectivity index (χ0v) is 26.1. The molecule has 242 valence electrons. The van der Waals surface area contributed by atoms with Gasteiger partial charge in [0.2, 0.25) is 0 Å². The highest BCUT2D eigenvalue weighted by atomic mass is 32.7. The summed E-state index contributed by atoms with van der Waals surface area (Å²) in [5, 5.41) is 10.7. The maximum Gasteiger partial charge on any atom is 0.405 e. The van der Waals surface area contributed by atoms with E-state index in [-0.39, 0.29) is 29.2 Å². The molecule has 0 amide bonds. The van der Waals surface area contributed by atoms with Crippen molar-refractivity contribution < 1.29 is 41.7 Å². The van der Waals surface area contributed by atoms with Gasteiger partial charge in [0.1, 0.15) is 42.0 Å². The third-order valence-electron chi connectivity index (χ3n) is 6.94. The van der Waals surface area contributed by atoms with Crippen LogP contribution < -0.4 is 11.5 Å². The number of hydrogen-bond donors (Lipinski definition) is 5. The number of hydrogen-bond acceptors (Lipinski definition) is 17. The molecule has 2 saturated heterocycles. The van der Waals surface area contributed by atoms with Crippen molar-refractivity contribution in [3.8, 4) is 0 Å². The fourth-order valence-corrected chi connectivity index (χ4v) is 7.02. The minimum atomic E-state index is -4.39. The number of aromatic nitrogens is 8. The summed E-state index contributed by atoms with van der Waals surface area (Å²) in [5.41, 5.74) is 12.6. The van der Waals surface area contributed by atoms with E-state index in [2.05, 4.69) is 59.3 Å². The summed E-state index contributed by atoms with van der Waals surface area (Å²) < 4.78 is 71.4. The number of nitrogens with two attached hydrogens (primary N) is 2. The molecule has 25 heteroatoms. The highest BCUT2D eigenvalue weighted by Gasteiger charge is 2.51.